The molecule has 19 heavy (non-hydrogen) atoms. The molecule has 0 fully saturated rings. The number of anilines is 1. The minimum absolute atomic E-state index is 0.0298. The lowest BCUT2D eigenvalue weighted by molar-refractivity contribution is -0.140. The number of hydrogen-bond donors (Lipinski definition) is 1. The third-order valence-electron chi connectivity index (χ3n) is 2.22. The average molecular weight is 354 g/mol. The number of carbonyl (C=O) groups is 1. The van der Waals surface area contributed by atoms with E-state index in [1.54, 1.807) is 0 Å². The largest absolute Gasteiger partial charge is 0.469 e. The molecule has 106 valence electrons. The van der Waals surface area contributed by atoms with Gasteiger partial charge in [0.25, 0.3) is 0 Å². The second-order valence-corrected chi connectivity index (χ2v) is 6.42. The summed E-state index contributed by atoms with van der Waals surface area (Å²) in [5.41, 5.74) is 0.250. The summed E-state index contributed by atoms with van der Waals surface area (Å²) < 4.78 is 43.3. The van der Waals surface area contributed by atoms with Gasteiger partial charge in [-0.2, -0.15) is 0 Å². The number of ether oxygens (including phenoxy) is 1. The van der Waals surface area contributed by atoms with Crippen LogP contribution in [0.25, 0.3) is 0 Å². The summed E-state index contributed by atoms with van der Waals surface area (Å²) in [7, 11) is -2.34. The molecule has 1 aromatic carbocycles. The van der Waals surface area contributed by atoms with Crippen LogP contribution in [0.3, 0.4) is 0 Å². The van der Waals surface area contributed by atoms with Crippen LogP contribution < -0.4 is 4.72 Å². The van der Waals surface area contributed by atoms with Gasteiger partial charge in [0.05, 0.1) is 18.6 Å². The van der Waals surface area contributed by atoms with Gasteiger partial charge in [-0.1, -0.05) is 0 Å². The number of benzene rings is 1. The highest BCUT2D eigenvalue weighted by molar-refractivity contribution is 9.10. The Balaban J connectivity index is 2.61. The monoisotopic (exact) mass is 353 g/mol. The van der Waals surface area contributed by atoms with E-state index in [-0.39, 0.29) is 24.3 Å². The van der Waals surface area contributed by atoms with Gasteiger partial charge >= 0.3 is 5.97 Å². The van der Waals surface area contributed by atoms with Crippen LogP contribution in [0.5, 0.6) is 0 Å². The van der Waals surface area contributed by atoms with Gasteiger partial charge in [-0.15, -0.1) is 0 Å². The zero-order valence-electron chi connectivity index (χ0n) is 10.2. The van der Waals surface area contributed by atoms with Crippen LogP contribution in [0.15, 0.2) is 22.7 Å². The lowest BCUT2D eigenvalue weighted by Gasteiger charge is -2.09. The second kappa shape index (κ2) is 6.85. The predicted octanol–water partition coefficient (Wildman–Crippen LogP) is 2.28. The molecule has 0 spiro atoms. The lowest BCUT2D eigenvalue weighted by Crippen LogP contribution is -2.18. The van der Waals surface area contributed by atoms with E-state index in [1.165, 1.54) is 13.2 Å². The van der Waals surface area contributed by atoms with Crippen molar-refractivity contribution in [3.05, 3.63) is 28.5 Å². The molecule has 1 rings (SSSR count). The maximum atomic E-state index is 12.9. The summed E-state index contributed by atoms with van der Waals surface area (Å²) in [6.45, 7) is 0. The van der Waals surface area contributed by atoms with Gasteiger partial charge in [-0.25, -0.2) is 12.8 Å². The van der Waals surface area contributed by atoms with Gasteiger partial charge in [0.1, 0.15) is 5.82 Å². The Morgan fingerprint density at radius 2 is 2.16 bits per heavy atom. The zero-order chi connectivity index (χ0) is 14.5. The van der Waals surface area contributed by atoms with Gasteiger partial charge in [-0.05, 0) is 40.5 Å². The van der Waals surface area contributed by atoms with Crippen molar-refractivity contribution in [2.45, 2.75) is 12.8 Å². The number of halogens is 2. The summed E-state index contributed by atoms with van der Waals surface area (Å²) in [4.78, 5) is 10.9. The van der Waals surface area contributed by atoms with E-state index in [0.29, 0.717) is 4.47 Å². The molecule has 8 heteroatoms. The van der Waals surface area contributed by atoms with E-state index in [4.69, 9.17) is 0 Å². The molecule has 1 aromatic rings. The van der Waals surface area contributed by atoms with E-state index in [0.717, 1.165) is 12.1 Å². The number of methoxy groups -OCH3 is 1. The first kappa shape index (κ1) is 15.9. The summed E-state index contributed by atoms with van der Waals surface area (Å²) in [6.07, 6.45) is 0.183. The van der Waals surface area contributed by atoms with Crippen molar-refractivity contribution in [2.24, 2.45) is 0 Å². The highest BCUT2D eigenvalue weighted by Gasteiger charge is 2.13. The Labute approximate surface area is 119 Å². The number of nitrogens with one attached hydrogen (secondary N) is 1. The molecule has 0 atom stereocenters. The van der Waals surface area contributed by atoms with Crippen molar-refractivity contribution in [3.63, 3.8) is 0 Å². The average Bonchev–Trinajstić information content (AvgIpc) is 2.32. The highest BCUT2D eigenvalue weighted by Crippen LogP contribution is 2.24. The number of esters is 1. The first-order chi connectivity index (χ1) is 8.84. The Kier molecular flexibility index (Phi) is 5.74. The second-order valence-electron chi connectivity index (χ2n) is 3.72. The predicted molar refractivity (Wildman–Crippen MR) is 72.8 cm³/mol. The standard InChI is InChI=1S/C11H13BrFNO4S/c1-18-11(15)3-2-6-19(16,17)14-10-5-4-8(13)7-9(10)12/h4-5,7,14H,2-3,6H2,1H3. The van der Waals surface area contributed by atoms with E-state index in [2.05, 4.69) is 25.4 Å². The topological polar surface area (TPSA) is 72.5 Å². The van der Waals surface area contributed by atoms with Gasteiger partial charge < -0.3 is 4.74 Å². The summed E-state index contributed by atoms with van der Waals surface area (Å²) in [6, 6.07) is 3.63. The molecule has 0 heterocycles. The molecule has 0 aliphatic carbocycles. The maximum Gasteiger partial charge on any atom is 0.305 e. The van der Waals surface area contributed by atoms with E-state index in [9.17, 15) is 17.6 Å². The van der Waals surface area contributed by atoms with Crippen molar-refractivity contribution in [1.29, 1.82) is 0 Å². The van der Waals surface area contributed by atoms with Gasteiger partial charge in [0, 0.05) is 10.9 Å². The SMILES string of the molecule is COC(=O)CCCS(=O)(=O)Nc1ccc(F)cc1Br. The van der Waals surface area contributed by atoms with E-state index in [1.807, 2.05) is 0 Å². The van der Waals surface area contributed by atoms with E-state index < -0.39 is 21.8 Å². The molecule has 0 aliphatic rings. The minimum Gasteiger partial charge on any atom is -0.469 e. The Morgan fingerprint density at radius 3 is 2.74 bits per heavy atom. The molecule has 0 aromatic heterocycles. The summed E-state index contributed by atoms with van der Waals surface area (Å²) >= 11 is 3.06. The maximum absolute atomic E-state index is 12.9. The quantitative estimate of drug-likeness (QED) is 0.796. The normalized spacial score (nSPS) is 11.1. The number of carbonyl (C=O) groups excluding carboxylic acids is 1. The highest BCUT2D eigenvalue weighted by atomic mass is 79.9. The van der Waals surface area contributed by atoms with Crippen molar-refractivity contribution < 1.29 is 22.3 Å². The molecule has 1 N–H and O–H groups in total. The lowest BCUT2D eigenvalue weighted by atomic mass is 10.3. The summed E-state index contributed by atoms with van der Waals surface area (Å²) in [5.74, 6) is -1.15. The van der Waals surface area contributed by atoms with Crippen LogP contribution in [0, 0.1) is 5.82 Å². The molecule has 0 saturated carbocycles. The number of hydrogen-bond acceptors (Lipinski definition) is 4. The van der Waals surface area contributed by atoms with Gasteiger partial charge in [0.15, 0.2) is 0 Å². The molecule has 0 aliphatic heterocycles. The molecule has 5 nitrogen and oxygen atoms in total. The third-order valence-corrected chi connectivity index (χ3v) is 4.23. The van der Waals surface area contributed by atoms with Crippen LogP contribution in [0.1, 0.15) is 12.8 Å². The first-order valence-corrected chi connectivity index (χ1v) is 7.81. The fourth-order valence-corrected chi connectivity index (χ4v) is 3.02. The molecule has 0 unspecified atom stereocenters. The van der Waals surface area contributed by atoms with Crippen LogP contribution >= 0.6 is 15.9 Å². The van der Waals surface area contributed by atoms with E-state index >= 15 is 0 Å². The number of sulfonamides is 1. The van der Waals surface area contributed by atoms with Crippen LogP contribution in [0.2, 0.25) is 0 Å². The van der Waals surface area contributed by atoms with Crippen LogP contribution in [0.4, 0.5) is 10.1 Å². The Bertz CT molecular complexity index is 562. The van der Waals surface area contributed by atoms with Gasteiger partial charge in [-0.3, -0.25) is 9.52 Å². The third kappa shape index (κ3) is 5.56. The van der Waals surface area contributed by atoms with Crippen LogP contribution in [-0.4, -0.2) is 27.2 Å². The zero-order valence-corrected chi connectivity index (χ0v) is 12.6. The summed E-state index contributed by atoms with van der Waals surface area (Å²) in [5, 5.41) is 0. The molecular weight excluding hydrogens is 341 g/mol. The van der Waals surface area contributed by atoms with Crippen molar-refractivity contribution in [2.75, 3.05) is 17.6 Å². The fourth-order valence-electron chi connectivity index (χ4n) is 1.30. The number of rotatable bonds is 6. The molecule has 0 radical (unpaired) electrons. The van der Waals surface area contributed by atoms with Crippen molar-refractivity contribution >= 4 is 37.6 Å². The minimum atomic E-state index is -3.58. The van der Waals surface area contributed by atoms with Gasteiger partial charge in [0.2, 0.25) is 10.0 Å². The van der Waals surface area contributed by atoms with Crippen molar-refractivity contribution in [1.82, 2.24) is 0 Å². The Morgan fingerprint density at radius 1 is 1.47 bits per heavy atom. The molecular formula is C11H13BrFNO4S. The van der Waals surface area contributed by atoms with Crippen LogP contribution in [-0.2, 0) is 19.6 Å². The molecule has 0 amide bonds. The molecule has 0 bridgehead atoms. The fraction of sp³-hybridized carbons (Fsp3) is 0.364. The first-order valence-electron chi connectivity index (χ1n) is 5.36. The smallest absolute Gasteiger partial charge is 0.305 e. The van der Waals surface area contributed by atoms with Crippen molar-refractivity contribution in [3.8, 4) is 0 Å². The molecule has 0 saturated heterocycles. The Hall–Kier alpha value is -1.15.